The zero-order valence-corrected chi connectivity index (χ0v) is 5.58. The van der Waals surface area contributed by atoms with Crippen LogP contribution in [0.25, 0.3) is 0 Å². The van der Waals surface area contributed by atoms with Crippen LogP contribution in [-0.2, 0) is 6.54 Å². The van der Waals surface area contributed by atoms with Crippen molar-refractivity contribution < 1.29 is 4.42 Å². The van der Waals surface area contributed by atoms with Crippen molar-refractivity contribution in [2.75, 3.05) is 0 Å². The summed E-state index contributed by atoms with van der Waals surface area (Å²) in [7, 11) is 0. The summed E-state index contributed by atoms with van der Waals surface area (Å²) in [6.45, 7) is 0.521. The van der Waals surface area contributed by atoms with E-state index in [0.717, 1.165) is 5.76 Å². The third-order valence-electron chi connectivity index (χ3n) is 1.19. The smallest absolute Gasteiger partial charge is 0.180 e. The Bertz CT molecular complexity index is 267. The zero-order chi connectivity index (χ0) is 7.52. The third kappa shape index (κ3) is 1.23. The highest BCUT2D eigenvalue weighted by Gasteiger charge is 1.97. The Morgan fingerprint density at radius 3 is 3.18 bits per heavy atom. The van der Waals surface area contributed by atoms with Crippen LogP contribution in [0.1, 0.15) is 5.76 Å². The predicted molar refractivity (Wildman–Crippen MR) is 33.4 cm³/mol. The highest BCUT2D eigenvalue weighted by atomic mass is 16.3. The number of aromatic nitrogens is 5. The summed E-state index contributed by atoms with van der Waals surface area (Å²) >= 11 is 0. The minimum absolute atomic E-state index is 0.521. The Labute approximate surface area is 61.9 Å². The third-order valence-corrected chi connectivity index (χ3v) is 1.19. The van der Waals surface area contributed by atoms with E-state index in [2.05, 4.69) is 20.5 Å². The van der Waals surface area contributed by atoms with Crippen molar-refractivity contribution in [3.05, 3.63) is 24.7 Å². The minimum atomic E-state index is 0.521. The Kier molecular flexibility index (Phi) is 1.36. The first-order chi connectivity index (χ1) is 5.45. The van der Waals surface area contributed by atoms with Crippen LogP contribution in [0, 0.1) is 0 Å². The van der Waals surface area contributed by atoms with Gasteiger partial charge in [-0.3, -0.25) is 0 Å². The molecule has 0 saturated carbocycles. The van der Waals surface area contributed by atoms with Gasteiger partial charge in [-0.1, -0.05) is 0 Å². The molecule has 0 aliphatic carbocycles. The molecule has 6 nitrogen and oxygen atoms in total. The van der Waals surface area contributed by atoms with Crippen LogP contribution >= 0.6 is 0 Å². The maximum atomic E-state index is 4.98. The quantitative estimate of drug-likeness (QED) is 0.589. The highest BCUT2D eigenvalue weighted by Crippen LogP contribution is 1.97. The molecule has 2 rings (SSSR count). The average molecular weight is 151 g/mol. The summed E-state index contributed by atoms with van der Waals surface area (Å²) in [5, 5.41) is 10.6. The number of nitrogens with zero attached hydrogens (tertiary/aromatic N) is 5. The van der Waals surface area contributed by atoms with E-state index in [1.165, 1.54) is 12.7 Å². The molecule has 0 fully saturated rings. The van der Waals surface area contributed by atoms with E-state index in [-0.39, 0.29) is 0 Å². The largest absolute Gasteiger partial charge is 0.447 e. The first-order valence-corrected chi connectivity index (χ1v) is 3.03. The van der Waals surface area contributed by atoms with Crippen LogP contribution in [0.15, 0.2) is 23.3 Å². The summed E-state index contributed by atoms with van der Waals surface area (Å²) in [5.74, 6) is 0.734. The Morgan fingerprint density at radius 2 is 2.55 bits per heavy atom. The van der Waals surface area contributed by atoms with E-state index in [0.29, 0.717) is 6.54 Å². The molecule has 0 unspecified atom stereocenters. The van der Waals surface area contributed by atoms with Gasteiger partial charge < -0.3 is 4.42 Å². The zero-order valence-electron chi connectivity index (χ0n) is 5.58. The van der Waals surface area contributed by atoms with Crippen LogP contribution < -0.4 is 0 Å². The minimum Gasteiger partial charge on any atom is -0.447 e. The van der Waals surface area contributed by atoms with Crippen LogP contribution in [0.5, 0.6) is 0 Å². The molecular formula is C5H5N5O. The fourth-order valence-electron chi connectivity index (χ4n) is 0.733. The van der Waals surface area contributed by atoms with Gasteiger partial charge >= 0.3 is 0 Å². The normalized spacial score (nSPS) is 10.2. The second-order valence-electron chi connectivity index (χ2n) is 1.98. The second-order valence-corrected chi connectivity index (χ2v) is 1.98. The van der Waals surface area contributed by atoms with Gasteiger partial charge in [0.1, 0.15) is 18.6 Å². The molecule has 2 aromatic rings. The van der Waals surface area contributed by atoms with Crippen molar-refractivity contribution in [3.63, 3.8) is 0 Å². The van der Waals surface area contributed by atoms with Gasteiger partial charge in [0, 0.05) is 0 Å². The van der Waals surface area contributed by atoms with E-state index >= 15 is 0 Å². The van der Waals surface area contributed by atoms with E-state index in [1.807, 2.05) is 0 Å². The summed E-state index contributed by atoms with van der Waals surface area (Å²) in [4.78, 5) is 3.75. The highest BCUT2D eigenvalue weighted by molar-refractivity contribution is 4.87. The molecule has 2 aromatic heterocycles. The number of tetrazole rings is 1. The Hall–Kier alpha value is -1.72. The lowest BCUT2D eigenvalue weighted by molar-refractivity contribution is 0.471. The standard InChI is InChI=1S/C5H5N5O/c1-5(11-4-6-1)2-10-3-7-8-9-10/h1,3-4H,2H2. The molecule has 0 bridgehead atoms. The van der Waals surface area contributed by atoms with Gasteiger partial charge in [-0.25, -0.2) is 9.67 Å². The number of hydrogen-bond donors (Lipinski definition) is 0. The van der Waals surface area contributed by atoms with Crippen LogP contribution in [0.2, 0.25) is 0 Å². The first kappa shape index (κ1) is 6.02. The van der Waals surface area contributed by atoms with Crippen molar-refractivity contribution in [1.29, 1.82) is 0 Å². The molecule has 0 aliphatic rings. The monoisotopic (exact) mass is 151 g/mol. The number of oxazole rings is 1. The molecule has 2 heterocycles. The van der Waals surface area contributed by atoms with Crippen LogP contribution in [-0.4, -0.2) is 25.2 Å². The summed E-state index contributed by atoms with van der Waals surface area (Å²) in [6, 6.07) is 0. The van der Waals surface area contributed by atoms with Gasteiger partial charge in [-0.2, -0.15) is 0 Å². The molecule has 0 atom stereocenters. The van der Waals surface area contributed by atoms with Gasteiger partial charge in [0.25, 0.3) is 0 Å². The Balaban J connectivity index is 2.14. The molecule has 0 aromatic carbocycles. The lowest BCUT2D eigenvalue weighted by Crippen LogP contribution is -1.98. The van der Waals surface area contributed by atoms with Crippen LogP contribution in [0.4, 0.5) is 0 Å². The molecule has 0 spiro atoms. The van der Waals surface area contributed by atoms with Crippen molar-refractivity contribution in [2.45, 2.75) is 6.54 Å². The van der Waals surface area contributed by atoms with Gasteiger partial charge in [-0.05, 0) is 10.4 Å². The number of rotatable bonds is 2. The van der Waals surface area contributed by atoms with E-state index in [4.69, 9.17) is 4.42 Å². The molecular weight excluding hydrogens is 146 g/mol. The van der Waals surface area contributed by atoms with Crippen molar-refractivity contribution in [1.82, 2.24) is 25.2 Å². The predicted octanol–water partition coefficient (Wildman–Crippen LogP) is -0.291. The van der Waals surface area contributed by atoms with Crippen molar-refractivity contribution in [2.24, 2.45) is 0 Å². The molecule has 6 heteroatoms. The Morgan fingerprint density at radius 1 is 1.55 bits per heavy atom. The fourth-order valence-corrected chi connectivity index (χ4v) is 0.733. The van der Waals surface area contributed by atoms with E-state index in [9.17, 15) is 0 Å². The second kappa shape index (κ2) is 2.49. The van der Waals surface area contributed by atoms with Gasteiger partial charge in [0.15, 0.2) is 6.39 Å². The average Bonchev–Trinajstić information content (AvgIpc) is 2.60. The molecule has 0 amide bonds. The molecule has 0 N–H and O–H groups in total. The summed E-state index contributed by atoms with van der Waals surface area (Å²) in [5.41, 5.74) is 0. The summed E-state index contributed by atoms with van der Waals surface area (Å²) in [6.07, 6.45) is 4.52. The van der Waals surface area contributed by atoms with E-state index in [1.54, 1.807) is 10.9 Å². The SMILES string of the molecule is c1ncc(Cn2cnnn2)o1. The first-order valence-electron chi connectivity index (χ1n) is 3.03. The van der Waals surface area contributed by atoms with Gasteiger partial charge in [0.2, 0.25) is 0 Å². The molecule has 0 saturated heterocycles. The topological polar surface area (TPSA) is 69.6 Å². The molecule has 0 aliphatic heterocycles. The summed E-state index contributed by atoms with van der Waals surface area (Å²) < 4.78 is 6.54. The molecule has 11 heavy (non-hydrogen) atoms. The fraction of sp³-hybridized carbons (Fsp3) is 0.200. The lowest BCUT2D eigenvalue weighted by atomic mass is 10.5. The molecule has 0 radical (unpaired) electrons. The van der Waals surface area contributed by atoms with Crippen molar-refractivity contribution >= 4 is 0 Å². The van der Waals surface area contributed by atoms with Gasteiger partial charge in [-0.15, -0.1) is 5.10 Å². The maximum absolute atomic E-state index is 4.98. The molecule has 56 valence electrons. The van der Waals surface area contributed by atoms with Crippen LogP contribution in [0.3, 0.4) is 0 Å². The lowest BCUT2D eigenvalue weighted by Gasteiger charge is -1.91. The van der Waals surface area contributed by atoms with Gasteiger partial charge in [0.05, 0.1) is 6.20 Å². The number of hydrogen-bond acceptors (Lipinski definition) is 5. The van der Waals surface area contributed by atoms with Crippen molar-refractivity contribution in [3.8, 4) is 0 Å². The maximum Gasteiger partial charge on any atom is 0.180 e. The van der Waals surface area contributed by atoms with E-state index < -0.39 is 0 Å².